The van der Waals surface area contributed by atoms with Crippen molar-refractivity contribution >= 4 is 52.0 Å². The van der Waals surface area contributed by atoms with Crippen molar-refractivity contribution in [3.63, 3.8) is 0 Å². The average Bonchev–Trinajstić information content (AvgIpc) is 3.72. The maximum absolute atomic E-state index is 14.1. The van der Waals surface area contributed by atoms with Crippen molar-refractivity contribution in [2.45, 2.75) is 37.8 Å². The molecular formula is C31H29N5O6. The highest BCUT2D eigenvalue weighted by Gasteiger charge is 2.46. The standard InChI is InChI=1S/C31H29N5O6/c1-16(17-7-8-17)29(40)35(26(28(39)32-2)20-5-4-6-23-19(20)13-14-34(23)3)18-9-10-21-22(15-18)31(42)36(30(21)41)24-11-12-25(37)33-27(24)38/h4-6,9-10,13-15,17,24,26H,1,7-8,11-12H2,2-3H3,(H,32,39)(H,33,37,38). The maximum Gasteiger partial charge on any atom is 0.262 e. The molecule has 1 saturated heterocycles. The van der Waals surface area contributed by atoms with Crippen LogP contribution in [0.1, 0.15) is 58.0 Å². The van der Waals surface area contributed by atoms with Crippen LogP contribution in [0.2, 0.25) is 0 Å². The molecule has 6 amide bonds. The summed E-state index contributed by atoms with van der Waals surface area (Å²) >= 11 is 0. The minimum Gasteiger partial charge on any atom is -0.357 e. The van der Waals surface area contributed by atoms with Crippen LogP contribution in [-0.4, -0.2) is 58.0 Å². The van der Waals surface area contributed by atoms with Crippen molar-refractivity contribution in [1.29, 1.82) is 0 Å². The summed E-state index contributed by atoms with van der Waals surface area (Å²) in [6.45, 7) is 4.05. The van der Waals surface area contributed by atoms with Crippen LogP contribution in [-0.2, 0) is 26.2 Å². The number of aromatic nitrogens is 1. The molecule has 42 heavy (non-hydrogen) atoms. The molecule has 2 N–H and O–H groups in total. The molecule has 3 aromatic rings. The van der Waals surface area contributed by atoms with Gasteiger partial charge in [-0.2, -0.15) is 0 Å². The zero-order valence-corrected chi connectivity index (χ0v) is 23.2. The maximum atomic E-state index is 14.1. The minimum atomic E-state index is -1.12. The second-order valence-electron chi connectivity index (χ2n) is 10.9. The lowest BCUT2D eigenvalue weighted by Crippen LogP contribution is -2.54. The van der Waals surface area contributed by atoms with Crippen molar-refractivity contribution in [2.75, 3.05) is 11.9 Å². The largest absolute Gasteiger partial charge is 0.357 e. The van der Waals surface area contributed by atoms with Crippen molar-refractivity contribution < 1.29 is 28.8 Å². The molecule has 2 aromatic carbocycles. The summed E-state index contributed by atoms with van der Waals surface area (Å²) in [6.07, 6.45) is 3.52. The number of benzene rings is 2. The Labute approximate surface area is 241 Å². The average molecular weight is 568 g/mol. The summed E-state index contributed by atoms with van der Waals surface area (Å²) in [7, 11) is 3.37. The number of nitrogens with zero attached hydrogens (tertiary/aromatic N) is 3. The van der Waals surface area contributed by atoms with Crippen molar-refractivity contribution in [3.8, 4) is 0 Å². The van der Waals surface area contributed by atoms with Gasteiger partial charge in [-0.05, 0) is 61.1 Å². The summed E-state index contributed by atoms with van der Waals surface area (Å²) in [5, 5.41) is 5.64. The highest BCUT2D eigenvalue weighted by molar-refractivity contribution is 6.24. The number of amides is 6. The van der Waals surface area contributed by atoms with E-state index in [0.717, 1.165) is 28.6 Å². The molecule has 0 bridgehead atoms. The Kier molecular flexibility index (Phi) is 6.52. The molecule has 0 spiro atoms. The molecule has 6 rings (SSSR count). The van der Waals surface area contributed by atoms with Gasteiger partial charge in [-0.3, -0.25) is 43.9 Å². The molecule has 2 unspecified atom stereocenters. The molecule has 11 nitrogen and oxygen atoms in total. The number of fused-ring (bicyclic) bond motifs is 2. The fraction of sp³-hybridized carbons (Fsp3) is 0.290. The monoisotopic (exact) mass is 567 g/mol. The van der Waals surface area contributed by atoms with Crippen LogP contribution >= 0.6 is 0 Å². The van der Waals surface area contributed by atoms with Gasteiger partial charge in [0.2, 0.25) is 17.7 Å². The van der Waals surface area contributed by atoms with E-state index in [1.54, 1.807) is 6.07 Å². The Bertz CT molecular complexity index is 1730. The van der Waals surface area contributed by atoms with Crippen LogP contribution in [0.5, 0.6) is 0 Å². The minimum absolute atomic E-state index is 0.000535. The van der Waals surface area contributed by atoms with Gasteiger partial charge in [-0.1, -0.05) is 18.7 Å². The molecule has 1 aliphatic carbocycles. The molecule has 2 atom stereocenters. The number of hydrogen-bond donors (Lipinski definition) is 2. The second kappa shape index (κ2) is 10.1. The third-order valence-electron chi connectivity index (χ3n) is 8.27. The van der Waals surface area contributed by atoms with E-state index in [-0.39, 0.29) is 35.6 Å². The second-order valence-corrected chi connectivity index (χ2v) is 10.9. The van der Waals surface area contributed by atoms with Crippen molar-refractivity contribution in [1.82, 2.24) is 20.1 Å². The SMILES string of the molecule is C=C(C(=O)N(c1ccc2c(c1)C(=O)N(C1CCC(=O)NC1=O)C2=O)C(C(=O)NC)c1cccc2c1ccn2C)C1CC1. The number of carbonyl (C=O) groups excluding carboxylic acids is 6. The van der Waals surface area contributed by atoms with E-state index in [9.17, 15) is 28.8 Å². The lowest BCUT2D eigenvalue weighted by molar-refractivity contribution is -0.136. The molecule has 1 saturated carbocycles. The van der Waals surface area contributed by atoms with E-state index < -0.39 is 47.5 Å². The summed E-state index contributed by atoms with van der Waals surface area (Å²) < 4.78 is 1.91. The van der Waals surface area contributed by atoms with E-state index in [4.69, 9.17) is 0 Å². The molecule has 0 radical (unpaired) electrons. The lowest BCUT2D eigenvalue weighted by atomic mass is 9.97. The third-order valence-corrected chi connectivity index (χ3v) is 8.27. The number of imide groups is 2. The molecule has 1 aromatic heterocycles. The quantitative estimate of drug-likeness (QED) is 0.332. The number of piperidine rings is 1. The smallest absolute Gasteiger partial charge is 0.262 e. The number of aryl methyl sites for hydroxylation is 1. The zero-order chi connectivity index (χ0) is 29.9. The van der Waals surface area contributed by atoms with Gasteiger partial charge in [0.1, 0.15) is 12.1 Å². The molecule has 2 fully saturated rings. The van der Waals surface area contributed by atoms with Crippen molar-refractivity contribution in [2.24, 2.45) is 13.0 Å². The van der Waals surface area contributed by atoms with Gasteiger partial charge in [0, 0.05) is 48.9 Å². The van der Waals surface area contributed by atoms with E-state index in [2.05, 4.69) is 17.2 Å². The fourth-order valence-electron chi connectivity index (χ4n) is 5.85. The molecule has 3 heterocycles. The molecule has 2 aliphatic heterocycles. The van der Waals surface area contributed by atoms with Crippen LogP contribution in [0, 0.1) is 5.92 Å². The van der Waals surface area contributed by atoms with Gasteiger partial charge < -0.3 is 9.88 Å². The summed E-state index contributed by atoms with van der Waals surface area (Å²) in [5.74, 6) is -3.45. The summed E-state index contributed by atoms with van der Waals surface area (Å²) in [4.78, 5) is 81.0. The first-order valence-corrected chi connectivity index (χ1v) is 13.8. The first-order chi connectivity index (χ1) is 20.1. The predicted octanol–water partition coefficient (Wildman–Crippen LogP) is 2.37. The predicted molar refractivity (Wildman–Crippen MR) is 152 cm³/mol. The fourth-order valence-corrected chi connectivity index (χ4v) is 5.85. The first kappa shape index (κ1) is 27.1. The van der Waals surface area contributed by atoms with Crippen LogP contribution in [0.15, 0.2) is 60.8 Å². The number of likely N-dealkylation sites (N-methyl/N-ethyl adjacent to an activating group) is 1. The number of carbonyl (C=O) groups is 6. The number of anilines is 1. The Morgan fingerprint density at radius 1 is 1.02 bits per heavy atom. The van der Waals surface area contributed by atoms with E-state index in [0.29, 0.717) is 11.1 Å². The first-order valence-electron chi connectivity index (χ1n) is 13.8. The Hall–Kier alpha value is -5.06. The summed E-state index contributed by atoms with van der Waals surface area (Å²) in [6, 6.07) is 9.52. The van der Waals surface area contributed by atoms with Crippen LogP contribution in [0.4, 0.5) is 5.69 Å². The van der Waals surface area contributed by atoms with Crippen molar-refractivity contribution in [3.05, 3.63) is 77.5 Å². The Morgan fingerprint density at radius 2 is 1.76 bits per heavy atom. The Morgan fingerprint density at radius 3 is 2.45 bits per heavy atom. The number of rotatable bonds is 7. The van der Waals surface area contributed by atoms with E-state index >= 15 is 0 Å². The lowest BCUT2D eigenvalue weighted by Gasteiger charge is -2.32. The Balaban J connectivity index is 1.47. The molecule has 3 aliphatic rings. The van der Waals surface area contributed by atoms with Gasteiger partial charge >= 0.3 is 0 Å². The van der Waals surface area contributed by atoms with Gasteiger partial charge in [-0.15, -0.1) is 0 Å². The van der Waals surface area contributed by atoms with E-state index in [1.165, 1.54) is 30.1 Å². The van der Waals surface area contributed by atoms with Gasteiger partial charge in [0.05, 0.1) is 11.1 Å². The van der Waals surface area contributed by atoms with E-state index in [1.807, 2.05) is 36.0 Å². The highest BCUT2D eigenvalue weighted by Crippen LogP contribution is 2.41. The number of hydrogen-bond acceptors (Lipinski definition) is 6. The van der Waals surface area contributed by atoms with Crippen LogP contribution in [0.25, 0.3) is 10.9 Å². The highest BCUT2D eigenvalue weighted by atomic mass is 16.2. The zero-order valence-electron chi connectivity index (χ0n) is 23.2. The van der Waals surface area contributed by atoms with Gasteiger partial charge in [-0.25, -0.2) is 0 Å². The van der Waals surface area contributed by atoms with Crippen LogP contribution in [0.3, 0.4) is 0 Å². The normalized spacial score (nSPS) is 19.0. The third kappa shape index (κ3) is 4.28. The molecule has 11 heteroatoms. The van der Waals surface area contributed by atoms with Gasteiger partial charge in [0.15, 0.2) is 0 Å². The van der Waals surface area contributed by atoms with Gasteiger partial charge in [0.25, 0.3) is 17.7 Å². The number of nitrogens with one attached hydrogen (secondary N) is 2. The topological polar surface area (TPSA) is 138 Å². The summed E-state index contributed by atoms with van der Waals surface area (Å²) in [5.41, 5.74) is 2.11. The van der Waals surface area contributed by atoms with Crippen LogP contribution < -0.4 is 15.5 Å². The molecule has 214 valence electrons. The molecular weight excluding hydrogens is 538 g/mol.